The smallest absolute Gasteiger partial charge is 0.0562 e. The largest absolute Gasteiger partial charge is 0.384 e. The van der Waals surface area contributed by atoms with E-state index < -0.39 is 0 Å². The number of ether oxygens (including phenoxy) is 1. The first-order valence-corrected chi connectivity index (χ1v) is 3.45. The first kappa shape index (κ1) is 9.66. The molecular formula is C8H17NO. The van der Waals surface area contributed by atoms with Gasteiger partial charge in [0.2, 0.25) is 0 Å². The summed E-state index contributed by atoms with van der Waals surface area (Å²) in [6, 6.07) is 0. The molecule has 0 aliphatic heterocycles. The number of nitrogens with one attached hydrogen (secondary N) is 1. The van der Waals surface area contributed by atoms with E-state index in [1.165, 1.54) is 0 Å². The average Bonchev–Trinajstić information content (AvgIpc) is 1.89. The number of hydrogen-bond acceptors (Lipinski definition) is 2. The number of methoxy groups -OCH3 is 1. The van der Waals surface area contributed by atoms with Gasteiger partial charge in [0.05, 0.1) is 6.61 Å². The van der Waals surface area contributed by atoms with E-state index in [1.807, 2.05) is 13.1 Å². The van der Waals surface area contributed by atoms with Gasteiger partial charge in [-0.15, -0.1) is 6.58 Å². The maximum Gasteiger partial charge on any atom is 0.0562 e. The molecular weight excluding hydrogens is 126 g/mol. The molecule has 0 amide bonds. The lowest BCUT2D eigenvalue weighted by Crippen LogP contribution is -2.31. The molecule has 2 heteroatoms. The van der Waals surface area contributed by atoms with Crippen molar-refractivity contribution in [1.82, 2.24) is 5.32 Å². The van der Waals surface area contributed by atoms with Gasteiger partial charge >= 0.3 is 0 Å². The Morgan fingerprint density at radius 2 is 2.30 bits per heavy atom. The monoisotopic (exact) mass is 143 g/mol. The molecule has 1 N–H and O–H groups in total. The highest BCUT2D eigenvalue weighted by molar-refractivity contribution is 4.92. The SMILES string of the molecule is C=CC(C)(CNC)COC. The van der Waals surface area contributed by atoms with Crippen molar-refractivity contribution >= 4 is 0 Å². The Morgan fingerprint density at radius 1 is 1.70 bits per heavy atom. The molecule has 0 saturated carbocycles. The third-order valence-electron chi connectivity index (χ3n) is 1.55. The summed E-state index contributed by atoms with van der Waals surface area (Å²) in [5.41, 5.74) is 0.0729. The molecule has 0 spiro atoms. The predicted octanol–water partition coefficient (Wildman–Crippen LogP) is 1.04. The minimum Gasteiger partial charge on any atom is -0.384 e. The molecule has 2 nitrogen and oxygen atoms in total. The van der Waals surface area contributed by atoms with Crippen LogP contribution in [-0.2, 0) is 4.74 Å². The van der Waals surface area contributed by atoms with Crippen LogP contribution in [0.5, 0.6) is 0 Å². The summed E-state index contributed by atoms with van der Waals surface area (Å²) in [6.45, 7) is 7.49. The molecule has 0 aromatic rings. The molecule has 1 unspecified atom stereocenters. The van der Waals surface area contributed by atoms with Crippen molar-refractivity contribution in [3.63, 3.8) is 0 Å². The molecule has 0 aromatic heterocycles. The van der Waals surface area contributed by atoms with E-state index in [1.54, 1.807) is 7.11 Å². The highest BCUT2D eigenvalue weighted by atomic mass is 16.5. The van der Waals surface area contributed by atoms with Crippen molar-refractivity contribution in [2.45, 2.75) is 6.92 Å². The van der Waals surface area contributed by atoms with E-state index >= 15 is 0 Å². The van der Waals surface area contributed by atoms with Crippen LogP contribution in [0.2, 0.25) is 0 Å². The van der Waals surface area contributed by atoms with Gasteiger partial charge in [0, 0.05) is 19.1 Å². The molecule has 0 fully saturated rings. The van der Waals surface area contributed by atoms with Crippen molar-refractivity contribution < 1.29 is 4.74 Å². The van der Waals surface area contributed by atoms with Gasteiger partial charge in [-0.1, -0.05) is 13.0 Å². The minimum absolute atomic E-state index is 0.0729. The van der Waals surface area contributed by atoms with Crippen LogP contribution in [0, 0.1) is 5.41 Å². The van der Waals surface area contributed by atoms with Crippen LogP contribution in [0.3, 0.4) is 0 Å². The van der Waals surface area contributed by atoms with Crippen LogP contribution in [0.1, 0.15) is 6.92 Å². The molecule has 0 aliphatic carbocycles. The van der Waals surface area contributed by atoms with Crippen molar-refractivity contribution in [3.05, 3.63) is 12.7 Å². The molecule has 0 radical (unpaired) electrons. The number of rotatable bonds is 5. The number of hydrogen-bond donors (Lipinski definition) is 1. The van der Waals surface area contributed by atoms with Crippen LogP contribution >= 0.6 is 0 Å². The molecule has 60 valence electrons. The Balaban J connectivity index is 3.81. The first-order chi connectivity index (χ1) is 4.68. The maximum atomic E-state index is 5.04. The van der Waals surface area contributed by atoms with Crippen molar-refractivity contribution in [2.75, 3.05) is 27.3 Å². The van der Waals surface area contributed by atoms with Gasteiger partial charge in [0.25, 0.3) is 0 Å². The lowest BCUT2D eigenvalue weighted by molar-refractivity contribution is 0.122. The second-order valence-electron chi connectivity index (χ2n) is 2.82. The Labute approximate surface area is 63.3 Å². The lowest BCUT2D eigenvalue weighted by atomic mass is 9.92. The summed E-state index contributed by atoms with van der Waals surface area (Å²) in [6.07, 6.45) is 1.92. The summed E-state index contributed by atoms with van der Waals surface area (Å²) >= 11 is 0. The predicted molar refractivity (Wildman–Crippen MR) is 44.1 cm³/mol. The third-order valence-corrected chi connectivity index (χ3v) is 1.55. The standard InChI is InChI=1S/C8H17NO/c1-5-8(2,6-9-3)7-10-4/h5,9H,1,6-7H2,2-4H3. The summed E-state index contributed by atoms with van der Waals surface area (Å²) in [7, 11) is 3.63. The van der Waals surface area contributed by atoms with Crippen LogP contribution in [0.25, 0.3) is 0 Å². The van der Waals surface area contributed by atoms with Crippen LogP contribution in [-0.4, -0.2) is 27.3 Å². The van der Waals surface area contributed by atoms with Crippen molar-refractivity contribution in [1.29, 1.82) is 0 Å². The molecule has 0 aromatic carbocycles. The summed E-state index contributed by atoms with van der Waals surface area (Å²) in [5.74, 6) is 0. The van der Waals surface area contributed by atoms with Crippen LogP contribution in [0.15, 0.2) is 12.7 Å². The highest BCUT2D eigenvalue weighted by Gasteiger charge is 2.18. The van der Waals surface area contributed by atoms with Gasteiger partial charge in [0.15, 0.2) is 0 Å². The Morgan fingerprint density at radius 3 is 2.60 bits per heavy atom. The topological polar surface area (TPSA) is 21.3 Å². The van der Waals surface area contributed by atoms with Gasteiger partial charge in [-0.05, 0) is 7.05 Å². The second kappa shape index (κ2) is 4.47. The molecule has 10 heavy (non-hydrogen) atoms. The summed E-state index contributed by atoms with van der Waals surface area (Å²) in [5, 5.41) is 3.09. The Bertz CT molecular complexity index is 95.4. The zero-order valence-corrected chi connectivity index (χ0v) is 7.11. The Hall–Kier alpha value is -0.340. The van der Waals surface area contributed by atoms with Crippen LogP contribution in [0.4, 0.5) is 0 Å². The molecule has 1 atom stereocenters. The second-order valence-corrected chi connectivity index (χ2v) is 2.82. The minimum atomic E-state index is 0.0729. The summed E-state index contributed by atoms with van der Waals surface area (Å²) < 4.78 is 5.04. The van der Waals surface area contributed by atoms with Crippen molar-refractivity contribution in [2.24, 2.45) is 5.41 Å². The average molecular weight is 143 g/mol. The van der Waals surface area contributed by atoms with Gasteiger partial charge in [-0.3, -0.25) is 0 Å². The summed E-state index contributed by atoms with van der Waals surface area (Å²) in [4.78, 5) is 0. The molecule has 0 bridgehead atoms. The van der Waals surface area contributed by atoms with Crippen molar-refractivity contribution in [3.8, 4) is 0 Å². The maximum absolute atomic E-state index is 5.04. The fourth-order valence-corrected chi connectivity index (χ4v) is 0.916. The zero-order chi connectivity index (χ0) is 8.04. The normalized spacial score (nSPS) is 16.3. The Kier molecular flexibility index (Phi) is 4.32. The van der Waals surface area contributed by atoms with Gasteiger partial charge in [-0.25, -0.2) is 0 Å². The first-order valence-electron chi connectivity index (χ1n) is 3.45. The van der Waals surface area contributed by atoms with E-state index in [4.69, 9.17) is 4.74 Å². The van der Waals surface area contributed by atoms with E-state index in [0.29, 0.717) is 0 Å². The zero-order valence-electron chi connectivity index (χ0n) is 7.11. The van der Waals surface area contributed by atoms with Crippen LogP contribution < -0.4 is 5.32 Å². The highest BCUT2D eigenvalue weighted by Crippen LogP contribution is 2.15. The fraction of sp³-hybridized carbons (Fsp3) is 0.750. The van der Waals surface area contributed by atoms with E-state index in [2.05, 4.69) is 18.8 Å². The van der Waals surface area contributed by atoms with Gasteiger partial charge in [0.1, 0.15) is 0 Å². The fourth-order valence-electron chi connectivity index (χ4n) is 0.916. The molecule has 0 rings (SSSR count). The third kappa shape index (κ3) is 2.99. The molecule has 0 heterocycles. The van der Waals surface area contributed by atoms with Gasteiger partial charge in [-0.2, -0.15) is 0 Å². The van der Waals surface area contributed by atoms with E-state index in [0.717, 1.165) is 13.2 Å². The van der Waals surface area contributed by atoms with E-state index in [-0.39, 0.29) is 5.41 Å². The molecule has 0 aliphatic rings. The molecule has 0 saturated heterocycles. The lowest BCUT2D eigenvalue weighted by Gasteiger charge is -2.23. The van der Waals surface area contributed by atoms with Gasteiger partial charge < -0.3 is 10.1 Å². The quantitative estimate of drug-likeness (QED) is 0.581. The van der Waals surface area contributed by atoms with E-state index in [9.17, 15) is 0 Å².